The molecule has 2 saturated carbocycles. The van der Waals surface area contributed by atoms with Crippen molar-refractivity contribution in [2.24, 2.45) is 11.8 Å². The molecule has 4 heteroatoms. The van der Waals surface area contributed by atoms with Gasteiger partial charge in [-0.2, -0.15) is 0 Å². The molecule has 0 aromatic rings. The highest BCUT2D eigenvalue weighted by Crippen LogP contribution is 2.43. The highest BCUT2D eigenvalue weighted by molar-refractivity contribution is 7.90. The summed E-state index contributed by atoms with van der Waals surface area (Å²) < 4.78 is 22.0. The molecule has 2 rings (SSSR count). The summed E-state index contributed by atoms with van der Waals surface area (Å²) in [6.07, 6.45) is 9.39. The van der Waals surface area contributed by atoms with Crippen LogP contribution in [0.25, 0.3) is 0 Å². The first-order valence-corrected chi connectivity index (χ1v) is 8.52. The lowest BCUT2D eigenvalue weighted by Crippen LogP contribution is -2.37. The molecule has 2 aliphatic rings. The van der Waals surface area contributed by atoms with Crippen molar-refractivity contribution < 1.29 is 8.42 Å². The molecule has 0 heterocycles. The van der Waals surface area contributed by atoms with Crippen LogP contribution in [0.2, 0.25) is 0 Å². The first-order valence-electron chi connectivity index (χ1n) is 6.46. The third-order valence-electron chi connectivity index (χ3n) is 3.91. The molecule has 94 valence electrons. The zero-order chi connectivity index (χ0) is 11.6. The summed E-state index contributed by atoms with van der Waals surface area (Å²) >= 11 is 0. The minimum atomic E-state index is -2.80. The van der Waals surface area contributed by atoms with Crippen molar-refractivity contribution in [3.8, 4) is 0 Å². The predicted octanol–water partition coefficient (Wildman–Crippen LogP) is 1.59. The Bertz CT molecular complexity index is 322. The molecule has 0 bridgehead atoms. The Morgan fingerprint density at radius 1 is 1.12 bits per heavy atom. The highest BCUT2D eigenvalue weighted by Gasteiger charge is 2.34. The average molecular weight is 245 g/mol. The fraction of sp³-hybridized carbons (Fsp3) is 1.00. The van der Waals surface area contributed by atoms with Crippen molar-refractivity contribution >= 4 is 9.84 Å². The molecular weight excluding hydrogens is 222 g/mol. The van der Waals surface area contributed by atoms with E-state index in [1.54, 1.807) is 0 Å². The Labute approximate surface area is 98.9 Å². The van der Waals surface area contributed by atoms with Gasteiger partial charge < -0.3 is 5.32 Å². The first-order chi connectivity index (χ1) is 7.54. The minimum absolute atomic E-state index is 0.275. The summed E-state index contributed by atoms with van der Waals surface area (Å²) in [4.78, 5) is 0. The first kappa shape index (κ1) is 12.4. The van der Waals surface area contributed by atoms with Crippen LogP contribution >= 0.6 is 0 Å². The van der Waals surface area contributed by atoms with Crippen LogP contribution < -0.4 is 5.32 Å². The number of hydrogen-bond acceptors (Lipinski definition) is 3. The van der Waals surface area contributed by atoms with E-state index in [4.69, 9.17) is 0 Å². The molecule has 2 fully saturated rings. The van der Waals surface area contributed by atoms with Crippen LogP contribution in [-0.4, -0.2) is 33.0 Å². The van der Waals surface area contributed by atoms with E-state index in [1.807, 2.05) is 0 Å². The lowest BCUT2D eigenvalue weighted by Gasteiger charge is -2.29. The van der Waals surface area contributed by atoms with E-state index in [-0.39, 0.29) is 5.75 Å². The minimum Gasteiger partial charge on any atom is -0.313 e. The van der Waals surface area contributed by atoms with Crippen LogP contribution in [0.1, 0.15) is 38.5 Å². The van der Waals surface area contributed by atoms with Gasteiger partial charge in [-0.05, 0) is 37.5 Å². The largest absolute Gasteiger partial charge is 0.313 e. The van der Waals surface area contributed by atoms with Gasteiger partial charge in [0.2, 0.25) is 0 Å². The molecule has 0 radical (unpaired) electrons. The van der Waals surface area contributed by atoms with Crippen molar-refractivity contribution in [2.45, 2.75) is 44.6 Å². The van der Waals surface area contributed by atoms with Crippen LogP contribution in [0, 0.1) is 11.8 Å². The van der Waals surface area contributed by atoms with E-state index >= 15 is 0 Å². The molecule has 16 heavy (non-hydrogen) atoms. The summed E-state index contributed by atoms with van der Waals surface area (Å²) in [5.41, 5.74) is 0. The molecule has 0 aliphatic heterocycles. The average Bonchev–Trinajstić information content (AvgIpc) is 2.99. The van der Waals surface area contributed by atoms with Gasteiger partial charge in [-0.25, -0.2) is 8.42 Å². The van der Waals surface area contributed by atoms with Gasteiger partial charge in [-0.3, -0.25) is 0 Å². The zero-order valence-electron chi connectivity index (χ0n) is 10.1. The van der Waals surface area contributed by atoms with Crippen LogP contribution in [0.3, 0.4) is 0 Å². The molecule has 0 aromatic heterocycles. The smallest absolute Gasteiger partial charge is 0.148 e. The van der Waals surface area contributed by atoms with Crippen molar-refractivity contribution in [3.63, 3.8) is 0 Å². The summed E-state index contributed by atoms with van der Waals surface area (Å²) in [5, 5.41) is 3.41. The quantitative estimate of drug-likeness (QED) is 0.800. The molecule has 3 nitrogen and oxygen atoms in total. The van der Waals surface area contributed by atoms with E-state index in [0.717, 1.165) is 11.8 Å². The number of rotatable bonds is 5. The van der Waals surface area contributed by atoms with Crippen LogP contribution in [-0.2, 0) is 9.84 Å². The van der Waals surface area contributed by atoms with E-state index in [1.165, 1.54) is 44.8 Å². The van der Waals surface area contributed by atoms with Gasteiger partial charge in [0.1, 0.15) is 9.84 Å². The van der Waals surface area contributed by atoms with Gasteiger partial charge in [0.25, 0.3) is 0 Å². The van der Waals surface area contributed by atoms with Crippen LogP contribution in [0.15, 0.2) is 0 Å². The maximum Gasteiger partial charge on any atom is 0.148 e. The Morgan fingerprint density at radius 3 is 2.50 bits per heavy atom. The third-order valence-corrected chi connectivity index (χ3v) is 4.86. The molecule has 0 aromatic carbocycles. The fourth-order valence-corrected chi connectivity index (χ4v) is 3.35. The Kier molecular flexibility index (Phi) is 3.90. The molecule has 0 saturated heterocycles. The molecule has 0 spiro atoms. The predicted molar refractivity (Wildman–Crippen MR) is 66.2 cm³/mol. The topological polar surface area (TPSA) is 46.2 Å². The summed E-state index contributed by atoms with van der Waals surface area (Å²) in [7, 11) is -2.80. The van der Waals surface area contributed by atoms with Gasteiger partial charge in [0.05, 0.1) is 5.75 Å². The van der Waals surface area contributed by atoms with E-state index in [0.29, 0.717) is 12.6 Å². The highest BCUT2D eigenvalue weighted by atomic mass is 32.2. The van der Waals surface area contributed by atoms with Crippen molar-refractivity contribution in [1.29, 1.82) is 0 Å². The SMILES string of the molecule is CS(=O)(=O)CCNC1CCCC(C2CC2)C1. The number of sulfone groups is 1. The monoisotopic (exact) mass is 245 g/mol. The molecule has 2 atom stereocenters. The zero-order valence-corrected chi connectivity index (χ0v) is 10.9. The molecule has 2 aliphatic carbocycles. The summed E-state index contributed by atoms with van der Waals surface area (Å²) in [5.74, 6) is 2.20. The van der Waals surface area contributed by atoms with Crippen molar-refractivity contribution in [1.82, 2.24) is 5.32 Å². The second kappa shape index (κ2) is 5.05. The second-order valence-corrected chi connectivity index (χ2v) is 7.80. The van der Waals surface area contributed by atoms with Crippen molar-refractivity contribution in [2.75, 3.05) is 18.6 Å². The molecular formula is C12H23NO2S. The summed E-state index contributed by atoms with van der Waals surface area (Å²) in [6.45, 7) is 0.626. The van der Waals surface area contributed by atoms with Gasteiger partial charge in [0, 0.05) is 18.8 Å². The summed E-state index contributed by atoms with van der Waals surface area (Å²) in [6, 6.07) is 0.570. The van der Waals surface area contributed by atoms with Crippen LogP contribution in [0.5, 0.6) is 0 Å². The van der Waals surface area contributed by atoms with Gasteiger partial charge >= 0.3 is 0 Å². The number of hydrogen-bond donors (Lipinski definition) is 1. The van der Waals surface area contributed by atoms with Crippen molar-refractivity contribution in [3.05, 3.63) is 0 Å². The van der Waals surface area contributed by atoms with Gasteiger partial charge in [0.15, 0.2) is 0 Å². The fourth-order valence-electron chi connectivity index (χ4n) is 2.86. The van der Waals surface area contributed by atoms with Gasteiger partial charge in [-0.15, -0.1) is 0 Å². The van der Waals surface area contributed by atoms with E-state index in [2.05, 4.69) is 5.32 Å². The Hall–Kier alpha value is -0.0900. The molecule has 0 amide bonds. The lowest BCUT2D eigenvalue weighted by molar-refractivity contribution is 0.264. The maximum absolute atomic E-state index is 11.0. The second-order valence-electron chi connectivity index (χ2n) is 5.55. The number of nitrogens with one attached hydrogen (secondary N) is 1. The van der Waals surface area contributed by atoms with Crippen LogP contribution in [0.4, 0.5) is 0 Å². The molecule has 2 unspecified atom stereocenters. The lowest BCUT2D eigenvalue weighted by atomic mass is 9.83. The molecule has 1 N–H and O–H groups in total. The van der Waals surface area contributed by atoms with Gasteiger partial charge in [-0.1, -0.05) is 12.8 Å². The van der Waals surface area contributed by atoms with E-state index < -0.39 is 9.84 Å². The normalized spacial score (nSPS) is 31.6. The Morgan fingerprint density at radius 2 is 1.88 bits per heavy atom. The maximum atomic E-state index is 11.0. The standard InChI is InChI=1S/C12H23NO2S/c1-16(14,15)8-7-13-12-4-2-3-11(9-12)10-5-6-10/h10-13H,2-9H2,1H3. The third kappa shape index (κ3) is 4.06. The Balaban J connectivity index is 1.68. The van der Waals surface area contributed by atoms with E-state index in [9.17, 15) is 8.42 Å².